The molecule has 2 amide bonds. The zero-order valence-corrected chi connectivity index (χ0v) is 36.6. The number of sulfone groups is 1. The third-order valence-electron chi connectivity index (χ3n) is 10.9. The van der Waals surface area contributed by atoms with Gasteiger partial charge in [-0.15, -0.1) is 11.3 Å². The van der Waals surface area contributed by atoms with Crippen molar-refractivity contribution < 1.29 is 48.4 Å². The van der Waals surface area contributed by atoms with E-state index in [4.69, 9.17) is 5.14 Å². The molecule has 334 valence electrons. The molecule has 3 aromatic carbocycles. The van der Waals surface area contributed by atoms with Gasteiger partial charge in [0.15, 0.2) is 9.84 Å². The van der Waals surface area contributed by atoms with Crippen LogP contribution in [0.4, 0.5) is 22.0 Å². The molecule has 1 unspecified atom stereocenters. The minimum Gasteiger partial charge on any atom is -0.353 e. The smallest absolute Gasteiger partial charge is 0.353 e. The zero-order valence-electron chi connectivity index (χ0n) is 34.1. The molecule has 1 saturated heterocycles. The number of carbonyl (C=O) groups is 2. The highest BCUT2D eigenvalue weighted by Crippen LogP contribution is 2.43. The van der Waals surface area contributed by atoms with Crippen LogP contribution in [0.1, 0.15) is 117 Å². The molecular formula is C43H53F5N4O6S3. The molecule has 1 atom stereocenters. The Morgan fingerprint density at radius 1 is 0.803 bits per heavy atom. The Labute approximate surface area is 358 Å². The highest BCUT2D eigenvalue weighted by atomic mass is 32.2. The first-order chi connectivity index (χ1) is 28.7. The first kappa shape index (κ1) is 48.0. The van der Waals surface area contributed by atoms with E-state index in [1.165, 1.54) is 44.2 Å². The fourth-order valence-corrected chi connectivity index (χ4v) is 11.5. The van der Waals surface area contributed by atoms with Gasteiger partial charge in [-0.1, -0.05) is 114 Å². The molecule has 18 heteroatoms. The van der Waals surface area contributed by atoms with Gasteiger partial charge in [0.2, 0.25) is 20.7 Å². The van der Waals surface area contributed by atoms with Crippen molar-refractivity contribution in [3.8, 4) is 11.1 Å². The number of fused-ring (bicyclic) bond motifs is 1. The second-order valence-corrected chi connectivity index (χ2v) is 20.8. The lowest BCUT2D eigenvalue weighted by molar-refractivity contribution is -0.137. The van der Waals surface area contributed by atoms with Gasteiger partial charge in [-0.2, -0.15) is 13.2 Å². The number of primary sulfonamides is 1. The van der Waals surface area contributed by atoms with Gasteiger partial charge in [0.05, 0.1) is 40.4 Å². The number of benzene rings is 3. The monoisotopic (exact) mass is 912 g/mol. The molecule has 3 N–H and O–H groups in total. The Kier molecular flexibility index (Phi) is 16.1. The van der Waals surface area contributed by atoms with Crippen molar-refractivity contribution >= 4 is 53.2 Å². The fraction of sp³-hybridized carbons (Fsp3) is 0.512. The average molecular weight is 913 g/mol. The summed E-state index contributed by atoms with van der Waals surface area (Å²) in [6.07, 6.45) is 6.92. The number of nitrogens with one attached hydrogen (secondary N) is 1. The number of carbonyl (C=O) groups excluding carboxylic acids is 2. The van der Waals surface area contributed by atoms with Crippen molar-refractivity contribution in [2.45, 2.75) is 113 Å². The summed E-state index contributed by atoms with van der Waals surface area (Å²) in [6, 6.07) is 15.1. The second kappa shape index (κ2) is 20.5. The van der Waals surface area contributed by atoms with Gasteiger partial charge < -0.3 is 10.2 Å². The maximum Gasteiger partial charge on any atom is 0.416 e. The number of hydrogen-bond acceptors (Lipinski definition) is 8. The topological polar surface area (TPSA) is 157 Å². The van der Waals surface area contributed by atoms with Crippen LogP contribution in [0.5, 0.6) is 0 Å². The number of alkyl halides is 5. The molecule has 1 aliphatic rings. The molecule has 10 nitrogen and oxygen atoms in total. The van der Waals surface area contributed by atoms with Crippen molar-refractivity contribution in [1.29, 1.82) is 0 Å². The van der Waals surface area contributed by atoms with E-state index in [0.717, 1.165) is 72.6 Å². The number of aromatic nitrogens is 1. The molecule has 0 bridgehead atoms. The minimum absolute atomic E-state index is 0.0116. The molecular weight excluding hydrogens is 860 g/mol. The van der Waals surface area contributed by atoms with Crippen molar-refractivity contribution in [3.63, 3.8) is 0 Å². The van der Waals surface area contributed by atoms with E-state index >= 15 is 0 Å². The highest BCUT2D eigenvalue weighted by Gasteiger charge is 2.54. The van der Waals surface area contributed by atoms with Gasteiger partial charge in [-0.25, -0.2) is 35.7 Å². The molecule has 0 saturated carbocycles. The summed E-state index contributed by atoms with van der Waals surface area (Å²) in [7, 11) is -8.72. The van der Waals surface area contributed by atoms with Gasteiger partial charge in [0.1, 0.15) is 5.01 Å². The van der Waals surface area contributed by atoms with E-state index in [1.807, 2.05) is 0 Å². The summed E-state index contributed by atoms with van der Waals surface area (Å²) in [5, 5.41) is 7.58. The van der Waals surface area contributed by atoms with Crippen LogP contribution < -0.4 is 10.5 Å². The van der Waals surface area contributed by atoms with Crippen LogP contribution >= 0.6 is 11.3 Å². The molecule has 5 rings (SSSR count). The largest absolute Gasteiger partial charge is 0.416 e. The van der Waals surface area contributed by atoms with Crippen molar-refractivity contribution in [3.05, 3.63) is 88.4 Å². The predicted octanol–water partition coefficient (Wildman–Crippen LogP) is 9.38. The normalized spacial score (nSPS) is 15.4. The number of hydrogen-bond donors (Lipinski definition) is 2. The second-order valence-electron chi connectivity index (χ2n) is 15.8. The number of halogens is 5. The molecule has 2 heterocycles. The number of nitrogens with two attached hydrogens (primary N) is 1. The van der Waals surface area contributed by atoms with Crippen LogP contribution in [0.15, 0.2) is 66.7 Å². The van der Waals surface area contributed by atoms with Gasteiger partial charge >= 0.3 is 6.18 Å². The first-order valence-electron chi connectivity index (χ1n) is 20.6. The average Bonchev–Trinajstić information content (AvgIpc) is 3.61. The number of rotatable bonds is 23. The standard InChI is InChI=1S/C43H53F5N4O6S3/c1-2-3-4-5-6-7-8-9-10-11-12-13-24-42(39(54)50-25-26-61(49,57)58,60(55,56)28-31-14-21-35(22-15-31)43(46,47)48)40-51-36-23-20-34(27-37(36)59-40)32-16-18-33(19-17-32)38(53)52-29-41(44,45)30-52/h14-23,27H,2-13,24-26,28-30H2,1H3,(H,50,54)(H2,49,57,58). The molecule has 61 heavy (non-hydrogen) atoms. The summed E-state index contributed by atoms with van der Waals surface area (Å²) in [4.78, 5) is 32.9. The van der Waals surface area contributed by atoms with E-state index in [9.17, 15) is 48.4 Å². The fourth-order valence-electron chi connectivity index (χ4n) is 7.46. The van der Waals surface area contributed by atoms with Crippen LogP contribution in [-0.4, -0.2) is 69.8 Å². The third kappa shape index (κ3) is 12.8. The number of sulfonamides is 1. The van der Waals surface area contributed by atoms with Crippen LogP contribution in [0, 0.1) is 0 Å². The summed E-state index contributed by atoms with van der Waals surface area (Å²) in [5.41, 5.74) is 0.929. The maximum atomic E-state index is 14.9. The van der Waals surface area contributed by atoms with Crippen molar-refractivity contribution in [2.75, 3.05) is 25.4 Å². The molecule has 0 spiro atoms. The number of amides is 2. The molecule has 4 aromatic rings. The Bertz CT molecular complexity index is 2330. The van der Waals surface area contributed by atoms with E-state index in [0.29, 0.717) is 27.8 Å². The van der Waals surface area contributed by atoms with Gasteiger partial charge in [0.25, 0.3) is 11.8 Å². The summed E-state index contributed by atoms with van der Waals surface area (Å²) in [6.45, 7) is 0.378. The van der Waals surface area contributed by atoms with E-state index in [-0.39, 0.29) is 29.0 Å². The van der Waals surface area contributed by atoms with E-state index < -0.39 is 85.2 Å². The Balaban J connectivity index is 1.45. The van der Waals surface area contributed by atoms with Crippen LogP contribution in [0.25, 0.3) is 21.3 Å². The summed E-state index contributed by atoms with van der Waals surface area (Å²) >= 11 is 0.956. The number of nitrogens with zero attached hydrogens (tertiary/aromatic N) is 2. The maximum absolute atomic E-state index is 14.9. The number of thiazole rings is 1. The van der Waals surface area contributed by atoms with Gasteiger partial charge in [-0.05, 0) is 59.5 Å². The Hall–Kier alpha value is -4.00. The molecule has 1 fully saturated rings. The SMILES string of the molecule is CCCCCCCCCCCCCCC(C(=O)NCCS(N)(=O)=O)(c1nc2ccc(-c3ccc(C(=O)N4CC(F)(F)C4)cc3)cc2s1)S(=O)(=O)Cc1ccc(C(F)(F)F)cc1. The molecule has 0 radical (unpaired) electrons. The van der Waals surface area contributed by atoms with Crippen LogP contribution in [0.2, 0.25) is 0 Å². The van der Waals surface area contributed by atoms with Crippen LogP contribution in [-0.2, 0) is 41.3 Å². The molecule has 0 aliphatic carbocycles. The quantitative estimate of drug-likeness (QED) is 0.0555. The van der Waals surface area contributed by atoms with E-state index in [2.05, 4.69) is 17.2 Å². The van der Waals surface area contributed by atoms with Gasteiger partial charge in [0, 0.05) is 12.1 Å². The number of unbranched alkanes of at least 4 members (excludes halogenated alkanes) is 11. The van der Waals surface area contributed by atoms with Gasteiger partial charge in [-0.3, -0.25) is 9.59 Å². The molecule has 1 aliphatic heterocycles. The predicted molar refractivity (Wildman–Crippen MR) is 228 cm³/mol. The first-order valence-corrected chi connectivity index (χ1v) is 24.8. The summed E-state index contributed by atoms with van der Waals surface area (Å²) < 4.78 is 118. The lowest BCUT2D eigenvalue weighted by atomic mass is 9.98. The van der Waals surface area contributed by atoms with Crippen LogP contribution in [0.3, 0.4) is 0 Å². The van der Waals surface area contributed by atoms with E-state index in [1.54, 1.807) is 30.3 Å². The Morgan fingerprint density at radius 2 is 1.36 bits per heavy atom. The minimum atomic E-state index is -4.66. The zero-order chi connectivity index (χ0) is 44.5. The summed E-state index contributed by atoms with van der Waals surface area (Å²) in [5.74, 6) is -5.94. The lowest BCUT2D eigenvalue weighted by Gasteiger charge is -2.38. The van der Waals surface area contributed by atoms with Crippen molar-refractivity contribution in [1.82, 2.24) is 15.2 Å². The lowest BCUT2D eigenvalue weighted by Crippen LogP contribution is -2.58. The molecule has 1 aromatic heterocycles. The Morgan fingerprint density at radius 3 is 1.90 bits per heavy atom. The highest BCUT2D eigenvalue weighted by molar-refractivity contribution is 7.92. The number of likely N-dealkylation sites (tertiary alicyclic amines) is 1. The van der Waals surface area contributed by atoms with Crippen molar-refractivity contribution in [2.24, 2.45) is 5.14 Å². The third-order valence-corrected chi connectivity index (χ3v) is 15.4.